The standard InChI is InChI=1S/C23H25N5O3S/c29-32(30,12-5-17-3-6-24-15-17)16-20-14-22(28-8-10-31-11-9-28)27-23(26-20)19-1-2-21-18(13-19)4-7-25-21/h1-4,6-7,13-15,24-25H,5,8-12,16H2. The maximum Gasteiger partial charge on any atom is 0.161 e. The molecule has 0 radical (unpaired) electrons. The van der Waals surface area contributed by atoms with E-state index in [4.69, 9.17) is 9.72 Å². The third-order valence-electron chi connectivity index (χ3n) is 5.64. The fraction of sp³-hybridized carbons (Fsp3) is 0.304. The molecule has 1 aromatic carbocycles. The molecule has 3 aromatic heterocycles. The summed E-state index contributed by atoms with van der Waals surface area (Å²) in [5, 5.41) is 1.06. The van der Waals surface area contributed by atoms with Crippen molar-refractivity contribution in [3.05, 3.63) is 66.2 Å². The van der Waals surface area contributed by atoms with Crippen LogP contribution in [0.1, 0.15) is 11.3 Å². The maximum atomic E-state index is 12.9. The van der Waals surface area contributed by atoms with Gasteiger partial charge in [0.2, 0.25) is 0 Å². The largest absolute Gasteiger partial charge is 0.378 e. The molecule has 9 heteroatoms. The number of H-pyrrole nitrogens is 2. The number of sulfone groups is 1. The van der Waals surface area contributed by atoms with E-state index < -0.39 is 9.84 Å². The van der Waals surface area contributed by atoms with Gasteiger partial charge in [-0.25, -0.2) is 18.4 Å². The molecule has 0 amide bonds. The molecule has 4 heterocycles. The lowest BCUT2D eigenvalue weighted by Gasteiger charge is -2.28. The summed E-state index contributed by atoms with van der Waals surface area (Å²) in [6.07, 6.45) is 5.99. The lowest BCUT2D eigenvalue weighted by molar-refractivity contribution is 0.122. The van der Waals surface area contributed by atoms with Crippen LogP contribution in [0.3, 0.4) is 0 Å². The zero-order valence-electron chi connectivity index (χ0n) is 17.6. The molecule has 0 saturated carbocycles. The van der Waals surface area contributed by atoms with Crippen molar-refractivity contribution >= 4 is 26.6 Å². The van der Waals surface area contributed by atoms with E-state index in [2.05, 4.69) is 19.9 Å². The maximum absolute atomic E-state index is 12.9. The van der Waals surface area contributed by atoms with Gasteiger partial charge in [-0.05, 0) is 42.3 Å². The van der Waals surface area contributed by atoms with Crippen molar-refractivity contribution in [3.63, 3.8) is 0 Å². The highest BCUT2D eigenvalue weighted by molar-refractivity contribution is 7.90. The van der Waals surface area contributed by atoms with Gasteiger partial charge in [0, 0.05) is 54.2 Å². The molecule has 1 fully saturated rings. The Balaban J connectivity index is 1.47. The summed E-state index contributed by atoms with van der Waals surface area (Å²) >= 11 is 0. The molecule has 0 spiro atoms. The summed E-state index contributed by atoms with van der Waals surface area (Å²) in [5.74, 6) is 1.24. The van der Waals surface area contributed by atoms with E-state index in [1.54, 1.807) is 12.3 Å². The first-order valence-electron chi connectivity index (χ1n) is 10.7. The molecule has 1 aliphatic heterocycles. The average molecular weight is 452 g/mol. The van der Waals surface area contributed by atoms with Gasteiger partial charge in [0.25, 0.3) is 0 Å². The molecule has 2 N–H and O–H groups in total. The van der Waals surface area contributed by atoms with Gasteiger partial charge in [0.15, 0.2) is 15.7 Å². The number of morpholine rings is 1. The first-order valence-corrected chi connectivity index (χ1v) is 12.5. The molecule has 0 atom stereocenters. The second kappa shape index (κ2) is 8.76. The SMILES string of the molecule is O=S(=O)(CCc1cc[nH]c1)Cc1cc(N2CCOCC2)nc(-c2ccc3[nH]ccc3c2)n1. The molecule has 0 unspecified atom stereocenters. The Morgan fingerprint density at radius 3 is 2.72 bits per heavy atom. The van der Waals surface area contributed by atoms with Crippen molar-refractivity contribution in [2.45, 2.75) is 12.2 Å². The van der Waals surface area contributed by atoms with E-state index in [1.807, 2.05) is 42.7 Å². The van der Waals surface area contributed by atoms with E-state index in [0.717, 1.165) is 27.8 Å². The van der Waals surface area contributed by atoms with E-state index in [1.165, 1.54) is 0 Å². The number of aromatic amines is 2. The van der Waals surface area contributed by atoms with E-state index in [0.29, 0.717) is 44.2 Å². The Morgan fingerprint density at radius 2 is 1.91 bits per heavy atom. The fourth-order valence-electron chi connectivity index (χ4n) is 3.92. The zero-order valence-corrected chi connectivity index (χ0v) is 18.4. The predicted molar refractivity (Wildman–Crippen MR) is 124 cm³/mol. The van der Waals surface area contributed by atoms with Crippen LogP contribution in [0.4, 0.5) is 5.82 Å². The van der Waals surface area contributed by atoms with Crippen LogP contribution in [-0.2, 0) is 26.7 Å². The van der Waals surface area contributed by atoms with Crippen LogP contribution in [0, 0.1) is 0 Å². The molecule has 1 aliphatic rings. The van der Waals surface area contributed by atoms with Crippen LogP contribution >= 0.6 is 0 Å². The second-order valence-corrected chi connectivity index (χ2v) is 10.2. The number of hydrogen-bond acceptors (Lipinski definition) is 6. The van der Waals surface area contributed by atoms with Crippen molar-refractivity contribution < 1.29 is 13.2 Å². The lowest BCUT2D eigenvalue weighted by Crippen LogP contribution is -2.37. The van der Waals surface area contributed by atoms with Crippen LogP contribution in [-0.4, -0.2) is 60.4 Å². The van der Waals surface area contributed by atoms with E-state index in [-0.39, 0.29) is 11.5 Å². The monoisotopic (exact) mass is 451 g/mol. The Bertz CT molecular complexity index is 1310. The van der Waals surface area contributed by atoms with Crippen LogP contribution in [0.25, 0.3) is 22.3 Å². The Labute approximate surface area is 186 Å². The predicted octanol–water partition coefficient (Wildman–Crippen LogP) is 2.95. The van der Waals surface area contributed by atoms with Crippen molar-refractivity contribution in [1.82, 2.24) is 19.9 Å². The van der Waals surface area contributed by atoms with Crippen molar-refractivity contribution in [3.8, 4) is 11.4 Å². The van der Waals surface area contributed by atoms with Gasteiger partial charge in [-0.15, -0.1) is 0 Å². The summed E-state index contributed by atoms with van der Waals surface area (Å²) in [6.45, 7) is 2.68. The number of rotatable bonds is 7. The van der Waals surface area contributed by atoms with Gasteiger partial charge in [-0.2, -0.15) is 0 Å². The minimum Gasteiger partial charge on any atom is -0.378 e. The van der Waals surface area contributed by atoms with Crippen LogP contribution in [0.5, 0.6) is 0 Å². The fourth-order valence-corrected chi connectivity index (χ4v) is 5.21. The number of hydrogen-bond donors (Lipinski definition) is 2. The first-order chi connectivity index (χ1) is 15.6. The topological polar surface area (TPSA) is 104 Å². The Hall–Kier alpha value is -3.17. The van der Waals surface area contributed by atoms with E-state index >= 15 is 0 Å². The van der Waals surface area contributed by atoms with Crippen LogP contribution < -0.4 is 4.90 Å². The third-order valence-corrected chi connectivity index (χ3v) is 7.21. The molecule has 166 valence electrons. The van der Waals surface area contributed by atoms with Crippen molar-refractivity contribution in [1.29, 1.82) is 0 Å². The Morgan fingerprint density at radius 1 is 1.03 bits per heavy atom. The Kier molecular flexibility index (Phi) is 5.67. The zero-order chi connectivity index (χ0) is 22.0. The third kappa shape index (κ3) is 4.68. The van der Waals surface area contributed by atoms with E-state index in [9.17, 15) is 8.42 Å². The second-order valence-electron chi connectivity index (χ2n) is 7.98. The summed E-state index contributed by atoms with van der Waals surface area (Å²) in [4.78, 5) is 17.7. The molecular weight excluding hydrogens is 426 g/mol. The van der Waals surface area contributed by atoms with Gasteiger partial charge in [0.05, 0.1) is 30.4 Å². The number of ether oxygens (including phenoxy) is 1. The minimum atomic E-state index is -3.34. The van der Waals surface area contributed by atoms with Crippen LogP contribution in [0.15, 0.2) is 55.0 Å². The molecule has 4 aromatic rings. The number of benzene rings is 1. The van der Waals surface area contributed by atoms with Gasteiger partial charge in [-0.1, -0.05) is 0 Å². The summed E-state index contributed by atoms with van der Waals surface area (Å²) in [7, 11) is -3.34. The molecular formula is C23H25N5O3S. The van der Waals surface area contributed by atoms with Gasteiger partial charge in [0.1, 0.15) is 5.82 Å². The minimum absolute atomic E-state index is 0.0758. The number of anilines is 1. The molecule has 8 nitrogen and oxygen atoms in total. The number of nitrogens with zero attached hydrogens (tertiary/aromatic N) is 3. The number of nitrogens with one attached hydrogen (secondary N) is 2. The number of fused-ring (bicyclic) bond motifs is 1. The highest BCUT2D eigenvalue weighted by atomic mass is 32.2. The lowest BCUT2D eigenvalue weighted by atomic mass is 10.1. The van der Waals surface area contributed by atoms with Gasteiger partial charge in [-0.3, -0.25) is 0 Å². The highest BCUT2D eigenvalue weighted by Gasteiger charge is 2.19. The quantitative estimate of drug-likeness (QED) is 0.448. The number of aromatic nitrogens is 4. The summed E-state index contributed by atoms with van der Waals surface area (Å²) in [5.41, 5.74) is 3.38. The van der Waals surface area contributed by atoms with Gasteiger partial charge >= 0.3 is 0 Å². The molecule has 0 aliphatic carbocycles. The van der Waals surface area contributed by atoms with Crippen molar-refractivity contribution in [2.75, 3.05) is 37.0 Å². The smallest absolute Gasteiger partial charge is 0.161 e. The number of aryl methyl sites for hydroxylation is 1. The normalized spacial score (nSPS) is 14.8. The first kappa shape index (κ1) is 20.7. The van der Waals surface area contributed by atoms with Crippen LogP contribution in [0.2, 0.25) is 0 Å². The molecule has 0 bridgehead atoms. The summed E-state index contributed by atoms with van der Waals surface area (Å²) < 4.78 is 31.2. The summed E-state index contributed by atoms with van der Waals surface area (Å²) in [6, 6.07) is 11.7. The molecule has 5 rings (SSSR count). The highest BCUT2D eigenvalue weighted by Crippen LogP contribution is 2.25. The van der Waals surface area contributed by atoms with Gasteiger partial charge < -0.3 is 19.6 Å². The van der Waals surface area contributed by atoms with Crippen molar-refractivity contribution in [2.24, 2.45) is 0 Å². The molecule has 32 heavy (non-hydrogen) atoms. The average Bonchev–Trinajstić information content (AvgIpc) is 3.49. The molecule has 1 saturated heterocycles.